The molecule has 1 atom stereocenters. The molecule has 2 N–H and O–H groups in total. The van der Waals surface area contributed by atoms with Gasteiger partial charge in [-0.2, -0.15) is 0 Å². The maximum Gasteiger partial charge on any atom is 0.319 e. The summed E-state index contributed by atoms with van der Waals surface area (Å²) >= 11 is 0. The largest absolute Gasteiger partial charge is 0.338 e. The van der Waals surface area contributed by atoms with E-state index >= 15 is 0 Å². The summed E-state index contributed by atoms with van der Waals surface area (Å²) in [5.41, 5.74) is 0.0312. The Labute approximate surface area is 116 Å². The molecule has 1 saturated heterocycles. The van der Waals surface area contributed by atoms with Gasteiger partial charge in [-0.3, -0.25) is 9.78 Å². The average Bonchev–Trinajstić information content (AvgIpc) is 2.74. The van der Waals surface area contributed by atoms with E-state index in [1.165, 1.54) is 12.3 Å². The first kappa shape index (κ1) is 14.2. The van der Waals surface area contributed by atoms with Crippen molar-refractivity contribution in [2.45, 2.75) is 32.4 Å². The molecule has 1 aliphatic heterocycles. The molecule has 0 bridgehead atoms. The molecule has 7 heteroatoms. The van der Waals surface area contributed by atoms with Crippen LogP contribution in [0.25, 0.3) is 0 Å². The minimum absolute atomic E-state index is 0.0312. The highest BCUT2D eigenvalue weighted by atomic mass is 19.1. The number of nitrogens with zero attached hydrogens (tertiary/aromatic N) is 2. The molecule has 6 nitrogen and oxygen atoms in total. The number of urea groups is 1. The number of hydrogen-bond donors (Lipinski definition) is 2. The minimum Gasteiger partial charge on any atom is -0.338 e. The van der Waals surface area contributed by atoms with Gasteiger partial charge in [0, 0.05) is 18.8 Å². The molecule has 20 heavy (non-hydrogen) atoms. The summed E-state index contributed by atoms with van der Waals surface area (Å²) in [5, 5.41) is 4.93. The lowest BCUT2D eigenvalue weighted by atomic mass is 10.2. The van der Waals surface area contributed by atoms with Gasteiger partial charge in [0.05, 0.1) is 11.9 Å². The van der Waals surface area contributed by atoms with Gasteiger partial charge < -0.3 is 15.5 Å². The highest BCUT2D eigenvalue weighted by molar-refractivity contribution is 5.94. The van der Waals surface area contributed by atoms with Crippen molar-refractivity contribution in [1.82, 2.24) is 15.2 Å². The Morgan fingerprint density at radius 2 is 2.30 bits per heavy atom. The van der Waals surface area contributed by atoms with Crippen LogP contribution < -0.4 is 10.6 Å². The Kier molecular flexibility index (Phi) is 4.16. The number of hydrogen-bond acceptors (Lipinski definition) is 3. The zero-order valence-corrected chi connectivity index (χ0v) is 11.4. The molecule has 1 aromatic heterocycles. The van der Waals surface area contributed by atoms with E-state index in [0.717, 1.165) is 6.20 Å². The second kappa shape index (κ2) is 5.85. The molecule has 0 radical (unpaired) electrons. The molecule has 1 aromatic rings. The quantitative estimate of drug-likeness (QED) is 0.877. The van der Waals surface area contributed by atoms with Crippen LogP contribution in [0.1, 0.15) is 20.3 Å². The standard InChI is InChI=1S/C13H17FN4O2/c1-8(2)18-6-4-11(12(18)19)17-13(20)16-10-3-5-15-7-9(10)14/h3,5,7-8,11H,4,6H2,1-2H3,(H2,15,16,17,20)/t11-/m0/s1. The van der Waals surface area contributed by atoms with Gasteiger partial charge in [0.25, 0.3) is 0 Å². The summed E-state index contributed by atoms with van der Waals surface area (Å²) in [5.74, 6) is -0.727. The highest BCUT2D eigenvalue weighted by Gasteiger charge is 2.33. The number of anilines is 1. The summed E-state index contributed by atoms with van der Waals surface area (Å²) in [6, 6.07) is 0.308. The second-order valence-corrected chi connectivity index (χ2v) is 4.92. The van der Waals surface area contributed by atoms with Crippen LogP contribution in [-0.2, 0) is 4.79 Å². The van der Waals surface area contributed by atoms with Crippen molar-refractivity contribution in [2.24, 2.45) is 0 Å². The Balaban J connectivity index is 1.93. The lowest BCUT2D eigenvalue weighted by molar-refractivity contribution is -0.130. The van der Waals surface area contributed by atoms with E-state index in [1.54, 1.807) is 4.90 Å². The Morgan fingerprint density at radius 3 is 2.90 bits per heavy atom. The van der Waals surface area contributed by atoms with Gasteiger partial charge in [0.15, 0.2) is 5.82 Å². The van der Waals surface area contributed by atoms with Crippen LogP contribution in [0.15, 0.2) is 18.5 Å². The van der Waals surface area contributed by atoms with Crippen LogP contribution in [0.3, 0.4) is 0 Å². The van der Waals surface area contributed by atoms with Crippen molar-refractivity contribution in [2.75, 3.05) is 11.9 Å². The van der Waals surface area contributed by atoms with E-state index in [0.29, 0.717) is 13.0 Å². The SMILES string of the molecule is CC(C)N1CC[C@H](NC(=O)Nc2ccncc2F)C1=O. The molecule has 108 valence electrons. The topological polar surface area (TPSA) is 74.3 Å². The van der Waals surface area contributed by atoms with Crippen molar-refractivity contribution in [3.8, 4) is 0 Å². The van der Waals surface area contributed by atoms with Crippen molar-refractivity contribution in [3.63, 3.8) is 0 Å². The number of aromatic nitrogens is 1. The van der Waals surface area contributed by atoms with Gasteiger partial charge in [-0.25, -0.2) is 9.18 Å². The number of amides is 3. The van der Waals surface area contributed by atoms with Crippen LogP contribution in [0.4, 0.5) is 14.9 Å². The maximum atomic E-state index is 13.3. The van der Waals surface area contributed by atoms with E-state index < -0.39 is 17.9 Å². The summed E-state index contributed by atoms with van der Waals surface area (Å²) in [4.78, 5) is 29.1. The number of nitrogens with one attached hydrogen (secondary N) is 2. The molecule has 1 aliphatic rings. The van der Waals surface area contributed by atoms with Gasteiger partial charge >= 0.3 is 6.03 Å². The average molecular weight is 280 g/mol. The van der Waals surface area contributed by atoms with Crippen LogP contribution in [0.2, 0.25) is 0 Å². The fourth-order valence-electron chi connectivity index (χ4n) is 2.14. The third kappa shape index (κ3) is 3.04. The molecule has 0 saturated carbocycles. The van der Waals surface area contributed by atoms with Crippen molar-refractivity contribution in [1.29, 1.82) is 0 Å². The van der Waals surface area contributed by atoms with Gasteiger partial charge in [0.1, 0.15) is 6.04 Å². The van der Waals surface area contributed by atoms with E-state index in [2.05, 4.69) is 15.6 Å². The van der Waals surface area contributed by atoms with Gasteiger partial charge in [-0.15, -0.1) is 0 Å². The summed E-state index contributed by atoms with van der Waals surface area (Å²) in [7, 11) is 0. The summed E-state index contributed by atoms with van der Waals surface area (Å²) in [6.07, 6.45) is 2.94. The molecule has 2 rings (SSSR count). The number of likely N-dealkylation sites (tertiary alicyclic amines) is 1. The first-order chi connectivity index (χ1) is 9.49. The summed E-state index contributed by atoms with van der Waals surface area (Å²) < 4.78 is 13.3. The number of rotatable bonds is 3. The van der Waals surface area contributed by atoms with Crippen LogP contribution in [-0.4, -0.2) is 40.5 Å². The molecule has 0 aromatic carbocycles. The van der Waals surface area contributed by atoms with Crippen LogP contribution in [0, 0.1) is 5.82 Å². The van der Waals surface area contributed by atoms with E-state index in [1.807, 2.05) is 13.8 Å². The van der Waals surface area contributed by atoms with E-state index in [-0.39, 0.29) is 17.6 Å². The van der Waals surface area contributed by atoms with Gasteiger partial charge in [-0.1, -0.05) is 0 Å². The third-order valence-electron chi connectivity index (χ3n) is 3.19. The fraction of sp³-hybridized carbons (Fsp3) is 0.462. The van der Waals surface area contributed by atoms with Gasteiger partial charge in [-0.05, 0) is 26.3 Å². The maximum absolute atomic E-state index is 13.3. The Hall–Kier alpha value is -2.18. The highest BCUT2D eigenvalue weighted by Crippen LogP contribution is 2.15. The molecule has 0 aliphatic carbocycles. The lowest BCUT2D eigenvalue weighted by Gasteiger charge is -2.21. The first-order valence-corrected chi connectivity index (χ1v) is 6.46. The number of pyridine rings is 1. The zero-order chi connectivity index (χ0) is 14.7. The van der Waals surface area contributed by atoms with Crippen molar-refractivity contribution < 1.29 is 14.0 Å². The second-order valence-electron chi connectivity index (χ2n) is 4.92. The monoisotopic (exact) mass is 280 g/mol. The smallest absolute Gasteiger partial charge is 0.319 e. The molecule has 0 unspecified atom stereocenters. The van der Waals surface area contributed by atoms with Gasteiger partial charge in [0.2, 0.25) is 5.91 Å². The van der Waals surface area contributed by atoms with E-state index in [4.69, 9.17) is 0 Å². The number of halogens is 1. The third-order valence-corrected chi connectivity index (χ3v) is 3.19. The predicted molar refractivity (Wildman–Crippen MR) is 71.6 cm³/mol. The van der Waals surface area contributed by atoms with Crippen LogP contribution in [0.5, 0.6) is 0 Å². The zero-order valence-electron chi connectivity index (χ0n) is 11.4. The number of carbonyl (C=O) groups excluding carboxylic acids is 2. The molecule has 2 heterocycles. The number of carbonyl (C=O) groups is 2. The molecular formula is C13H17FN4O2. The molecule has 3 amide bonds. The van der Waals surface area contributed by atoms with E-state index in [9.17, 15) is 14.0 Å². The Bertz CT molecular complexity index is 521. The normalized spacial score (nSPS) is 18.5. The first-order valence-electron chi connectivity index (χ1n) is 6.46. The predicted octanol–water partition coefficient (Wildman–Crippen LogP) is 1.35. The summed E-state index contributed by atoms with van der Waals surface area (Å²) in [6.45, 7) is 4.46. The van der Waals surface area contributed by atoms with Crippen molar-refractivity contribution in [3.05, 3.63) is 24.3 Å². The molecular weight excluding hydrogens is 263 g/mol. The Morgan fingerprint density at radius 1 is 1.55 bits per heavy atom. The lowest BCUT2D eigenvalue weighted by Crippen LogP contribution is -2.44. The van der Waals surface area contributed by atoms with Crippen molar-refractivity contribution >= 4 is 17.6 Å². The molecule has 1 fully saturated rings. The van der Waals surface area contributed by atoms with Crippen LogP contribution >= 0.6 is 0 Å². The minimum atomic E-state index is -0.621. The molecule has 0 spiro atoms. The fourth-order valence-corrected chi connectivity index (χ4v) is 2.14.